The van der Waals surface area contributed by atoms with Crippen LogP contribution in [0.1, 0.15) is 18.4 Å². The highest BCUT2D eigenvalue weighted by atomic mass is 19.1. The normalized spacial score (nSPS) is 15.1. The zero-order valence-corrected chi connectivity index (χ0v) is 13.2. The number of urea groups is 1. The Kier molecular flexibility index (Phi) is 5.20. The van der Waals surface area contributed by atoms with E-state index in [1.54, 1.807) is 35.4 Å². The van der Waals surface area contributed by atoms with E-state index in [0.29, 0.717) is 25.5 Å². The number of carbonyl (C=O) groups excluding carboxylic acids is 1. The van der Waals surface area contributed by atoms with Crippen molar-refractivity contribution in [3.8, 4) is 5.88 Å². The summed E-state index contributed by atoms with van der Waals surface area (Å²) < 4.78 is 18.6. The van der Waals surface area contributed by atoms with Crippen LogP contribution in [0.4, 0.5) is 9.18 Å². The van der Waals surface area contributed by atoms with Gasteiger partial charge in [-0.2, -0.15) is 5.10 Å². The molecule has 1 aromatic heterocycles. The first kappa shape index (κ1) is 16.2. The molecule has 0 radical (unpaired) electrons. The third-order valence-electron chi connectivity index (χ3n) is 3.92. The predicted molar refractivity (Wildman–Crippen MR) is 85.9 cm³/mol. The van der Waals surface area contributed by atoms with Gasteiger partial charge in [0.2, 0.25) is 5.88 Å². The highest BCUT2D eigenvalue weighted by Gasteiger charge is 2.24. The quantitative estimate of drug-likeness (QED) is 0.934. The number of hydrogen-bond donors (Lipinski definition) is 1. The lowest BCUT2D eigenvalue weighted by Crippen LogP contribution is -2.46. The summed E-state index contributed by atoms with van der Waals surface area (Å²) in [5, 5.41) is 10.5. The van der Waals surface area contributed by atoms with Crippen molar-refractivity contribution < 1.29 is 13.9 Å². The van der Waals surface area contributed by atoms with Gasteiger partial charge in [-0.05, 0) is 23.8 Å². The van der Waals surface area contributed by atoms with Gasteiger partial charge in [-0.15, -0.1) is 5.10 Å². The summed E-state index contributed by atoms with van der Waals surface area (Å²) in [4.78, 5) is 13.9. The summed E-state index contributed by atoms with van der Waals surface area (Å²) in [6.07, 6.45) is 3.14. The molecular weight excluding hydrogens is 311 g/mol. The number of piperidine rings is 1. The highest BCUT2D eigenvalue weighted by Crippen LogP contribution is 2.16. The second kappa shape index (κ2) is 7.72. The summed E-state index contributed by atoms with van der Waals surface area (Å²) >= 11 is 0. The summed E-state index contributed by atoms with van der Waals surface area (Å²) in [6, 6.07) is 9.54. The van der Waals surface area contributed by atoms with E-state index >= 15 is 0 Å². The van der Waals surface area contributed by atoms with E-state index < -0.39 is 0 Å². The third-order valence-corrected chi connectivity index (χ3v) is 3.92. The number of amides is 2. The number of nitrogens with one attached hydrogen (secondary N) is 1. The van der Waals surface area contributed by atoms with Crippen molar-refractivity contribution in [1.29, 1.82) is 0 Å². The minimum Gasteiger partial charge on any atom is -0.473 e. The molecule has 1 saturated heterocycles. The average molecular weight is 330 g/mol. The first-order chi connectivity index (χ1) is 11.7. The van der Waals surface area contributed by atoms with Crippen molar-refractivity contribution in [2.45, 2.75) is 25.5 Å². The van der Waals surface area contributed by atoms with Crippen LogP contribution in [0.5, 0.6) is 5.88 Å². The Labute approximate surface area is 139 Å². The van der Waals surface area contributed by atoms with Gasteiger partial charge >= 0.3 is 6.03 Å². The molecule has 3 rings (SSSR count). The number of nitrogens with zero attached hydrogens (tertiary/aromatic N) is 3. The molecule has 0 aliphatic carbocycles. The van der Waals surface area contributed by atoms with Gasteiger partial charge in [0.25, 0.3) is 0 Å². The molecule has 2 heterocycles. The first-order valence-corrected chi connectivity index (χ1v) is 7.92. The Morgan fingerprint density at radius 2 is 2.00 bits per heavy atom. The van der Waals surface area contributed by atoms with Gasteiger partial charge in [-0.25, -0.2) is 9.18 Å². The monoisotopic (exact) mass is 330 g/mol. The molecule has 0 saturated carbocycles. The number of halogens is 1. The van der Waals surface area contributed by atoms with E-state index in [2.05, 4.69) is 15.5 Å². The van der Waals surface area contributed by atoms with Crippen LogP contribution in [-0.4, -0.2) is 40.3 Å². The zero-order valence-electron chi connectivity index (χ0n) is 13.2. The molecule has 126 valence electrons. The van der Waals surface area contributed by atoms with E-state index in [1.165, 1.54) is 12.1 Å². The number of carbonyl (C=O) groups is 1. The van der Waals surface area contributed by atoms with Crippen LogP contribution < -0.4 is 10.1 Å². The average Bonchev–Trinajstić information content (AvgIpc) is 2.62. The molecule has 2 aromatic rings. The molecule has 0 spiro atoms. The van der Waals surface area contributed by atoms with Crippen molar-refractivity contribution in [3.63, 3.8) is 0 Å². The number of rotatable bonds is 4. The number of ether oxygens (including phenoxy) is 1. The molecule has 7 heteroatoms. The van der Waals surface area contributed by atoms with E-state index in [-0.39, 0.29) is 18.0 Å². The van der Waals surface area contributed by atoms with Crippen LogP contribution in [0.3, 0.4) is 0 Å². The number of benzene rings is 1. The Morgan fingerprint density at radius 1 is 1.25 bits per heavy atom. The Morgan fingerprint density at radius 3 is 2.67 bits per heavy atom. The van der Waals surface area contributed by atoms with Crippen molar-refractivity contribution >= 4 is 6.03 Å². The number of hydrogen-bond acceptors (Lipinski definition) is 4. The first-order valence-electron chi connectivity index (χ1n) is 7.92. The lowest BCUT2D eigenvalue weighted by molar-refractivity contribution is 0.106. The maximum atomic E-state index is 12.9. The lowest BCUT2D eigenvalue weighted by atomic mass is 10.1. The van der Waals surface area contributed by atoms with Crippen molar-refractivity contribution in [2.75, 3.05) is 13.1 Å². The maximum absolute atomic E-state index is 12.9. The SMILES string of the molecule is O=C(NCc1ccc(F)cc1)N1CCC(Oc2cccnn2)CC1. The van der Waals surface area contributed by atoms with Crippen LogP contribution in [-0.2, 0) is 6.54 Å². The summed E-state index contributed by atoms with van der Waals surface area (Å²) in [7, 11) is 0. The van der Waals surface area contributed by atoms with Gasteiger partial charge in [0.15, 0.2) is 0 Å². The fraction of sp³-hybridized carbons (Fsp3) is 0.353. The Balaban J connectivity index is 1.42. The minimum atomic E-state index is -0.282. The van der Waals surface area contributed by atoms with Crippen LogP contribution in [0.15, 0.2) is 42.6 Å². The Hall–Kier alpha value is -2.70. The predicted octanol–water partition coefficient (Wildman–Crippen LogP) is 2.37. The van der Waals surface area contributed by atoms with Gasteiger partial charge in [-0.1, -0.05) is 12.1 Å². The molecule has 6 nitrogen and oxygen atoms in total. The number of aromatic nitrogens is 2. The smallest absolute Gasteiger partial charge is 0.317 e. The molecule has 1 aromatic carbocycles. The van der Waals surface area contributed by atoms with E-state index in [9.17, 15) is 9.18 Å². The summed E-state index contributed by atoms with van der Waals surface area (Å²) in [5.74, 6) is 0.229. The number of likely N-dealkylation sites (tertiary alicyclic amines) is 1. The fourth-order valence-corrected chi connectivity index (χ4v) is 2.59. The van der Waals surface area contributed by atoms with Crippen LogP contribution >= 0.6 is 0 Å². The van der Waals surface area contributed by atoms with Crippen LogP contribution in [0.25, 0.3) is 0 Å². The van der Waals surface area contributed by atoms with Crippen LogP contribution in [0, 0.1) is 5.82 Å². The van der Waals surface area contributed by atoms with Crippen LogP contribution in [0.2, 0.25) is 0 Å². The van der Waals surface area contributed by atoms with E-state index in [0.717, 1.165) is 18.4 Å². The zero-order chi connectivity index (χ0) is 16.8. The molecule has 1 aliphatic rings. The molecule has 0 bridgehead atoms. The largest absolute Gasteiger partial charge is 0.473 e. The molecule has 24 heavy (non-hydrogen) atoms. The molecule has 1 N–H and O–H groups in total. The maximum Gasteiger partial charge on any atom is 0.317 e. The summed E-state index contributed by atoms with van der Waals surface area (Å²) in [6.45, 7) is 1.63. The molecule has 2 amide bonds. The van der Waals surface area contributed by atoms with Gasteiger partial charge < -0.3 is 15.0 Å². The van der Waals surface area contributed by atoms with E-state index in [4.69, 9.17) is 4.74 Å². The second-order valence-electron chi connectivity index (χ2n) is 5.65. The standard InChI is InChI=1S/C17H19FN4O2/c18-14-5-3-13(4-6-14)12-19-17(23)22-10-7-15(8-11-22)24-16-2-1-9-20-21-16/h1-6,9,15H,7-8,10-12H2,(H,19,23). The minimum absolute atomic E-state index is 0.0443. The molecular formula is C17H19FN4O2. The van der Waals surface area contributed by atoms with Crippen molar-refractivity contribution in [3.05, 3.63) is 54.0 Å². The molecule has 1 aliphatic heterocycles. The van der Waals surface area contributed by atoms with Crippen molar-refractivity contribution in [1.82, 2.24) is 20.4 Å². The van der Waals surface area contributed by atoms with Gasteiger partial charge in [0, 0.05) is 44.7 Å². The molecule has 0 atom stereocenters. The fourth-order valence-electron chi connectivity index (χ4n) is 2.59. The van der Waals surface area contributed by atoms with Gasteiger partial charge in [0.05, 0.1) is 0 Å². The van der Waals surface area contributed by atoms with E-state index in [1.807, 2.05) is 0 Å². The van der Waals surface area contributed by atoms with Gasteiger partial charge in [0.1, 0.15) is 11.9 Å². The molecule has 0 unspecified atom stereocenters. The van der Waals surface area contributed by atoms with Crippen molar-refractivity contribution in [2.24, 2.45) is 0 Å². The Bertz CT molecular complexity index is 658. The summed E-state index contributed by atoms with van der Waals surface area (Å²) in [5.41, 5.74) is 0.866. The third kappa shape index (κ3) is 4.41. The topological polar surface area (TPSA) is 67.4 Å². The van der Waals surface area contributed by atoms with Gasteiger partial charge in [-0.3, -0.25) is 0 Å². The highest BCUT2D eigenvalue weighted by molar-refractivity contribution is 5.74. The lowest BCUT2D eigenvalue weighted by Gasteiger charge is -2.31. The molecule has 1 fully saturated rings. The second-order valence-corrected chi connectivity index (χ2v) is 5.65.